The summed E-state index contributed by atoms with van der Waals surface area (Å²) in [5.74, 6) is 0. The molecular formula is C16H13NOS2. The molecule has 0 fully saturated rings. The number of thioether (sulfide) groups is 1. The topological polar surface area (TPSA) is 32.9 Å². The van der Waals surface area contributed by atoms with Gasteiger partial charge in [-0.2, -0.15) is 0 Å². The van der Waals surface area contributed by atoms with Gasteiger partial charge in [0.2, 0.25) is 0 Å². The average Bonchev–Trinajstić information content (AvgIpc) is 2.49. The van der Waals surface area contributed by atoms with Crippen molar-refractivity contribution in [2.45, 2.75) is 14.7 Å². The Bertz CT molecular complexity index is 793. The third-order valence-corrected chi connectivity index (χ3v) is 4.78. The molecule has 3 aromatic rings. The van der Waals surface area contributed by atoms with Gasteiger partial charge < -0.3 is 4.98 Å². The fraction of sp³-hybridized carbons (Fsp3) is 0.0625. The maximum Gasteiger partial charge on any atom is 0.262 e. The molecule has 0 aliphatic rings. The highest BCUT2D eigenvalue weighted by molar-refractivity contribution is 7.99. The summed E-state index contributed by atoms with van der Waals surface area (Å²) in [4.78, 5) is 18.0. The lowest BCUT2D eigenvalue weighted by Crippen LogP contribution is -2.07. The van der Waals surface area contributed by atoms with E-state index in [-0.39, 0.29) is 5.56 Å². The van der Waals surface area contributed by atoms with Crippen LogP contribution < -0.4 is 5.56 Å². The highest BCUT2D eigenvalue weighted by Crippen LogP contribution is 2.28. The minimum absolute atomic E-state index is 0.0392. The van der Waals surface area contributed by atoms with Gasteiger partial charge >= 0.3 is 0 Å². The van der Waals surface area contributed by atoms with Gasteiger partial charge in [0.15, 0.2) is 0 Å². The molecule has 0 amide bonds. The van der Waals surface area contributed by atoms with E-state index < -0.39 is 0 Å². The molecule has 0 spiro atoms. The van der Waals surface area contributed by atoms with Crippen LogP contribution in [0.2, 0.25) is 0 Å². The molecule has 3 rings (SSSR count). The van der Waals surface area contributed by atoms with Crippen molar-refractivity contribution in [3.05, 3.63) is 65.0 Å². The van der Waals surface area contributed by atoms with Crippen molar-refractivity contribution >= 4 is 34.4 Å². The number of rotatable bonds is 3. The Kier molecular flexibility index (Phi) is 3.85. The molecular weight excluding hydrogens is 286 g/mol. The number of aromatic amines is 1. The number of pyridine rings is 1. The summed E-state index contributed by atoms with van der Waals surface area (Å²) in [7, 11) is 0. The maximum absolute atomic E-state index is 12.1. The number of fused-ring (bicyclic) bond motifs is 1. The van der Waals surface area contributed by atoms with Crippen LogP contribution in [0.4, 0.5) is 0 Å². The lowest BCUT2D eigenvalue weighted by Gasteiger charge is -2.04. The Morgan fingerprint density at radius 2 is 1.65 bits per heavy atom. The minimum atomic E-state index is -0.0392. The first kappa shape index (κ1) is 13.3. The number of hydrogen-bond donors (Lipinski definition) is 1. The van der Waals surface area contributed by atoms with Crippen molar-refractivity contribution < 1.29 is 0 Å². The van der Waals surface area contributed by atoms with E-state index in [4.69, 9.17) is 0 Å². The van der Waals surface area contributed by atoms with Gasteiger partial charge in [-0.15, -0.1) is 11.8 Å². The van der Waals surface area contributed by atoms with E-state index in [1.807, 2.05) is 42.5 Å². The Labute approximate surface area is 125 Å². The molecule has 1 heterocycles. The van der Waals surface area contributed by atoms with Gasteiger partial charge in [0, 0.05) is 15.3 Å². The van der Waals surface area contributed by atoms with Gasteiger partial charge in [-0.3, -0.25) is 4.79 Å². The van der Waals surface area contributed by atoms with Gasteiger partial charge in [-0.1, -0.05) is 30.0 Å². The van der Waals surface area contributed by atoms with Gasteiger partial charge in [-0.25, -0.2) is 0 Å². The lowest BCUT2D eigenvalue weighted by molar-refractivity contribution is 1.19. The molecule has 0 unspecified atom stereocenters. The number of nitrogens with one attached hydrogen (secondary N) is 1. The first-order chi connectivity index (χ1) is 9.76. The molecule has 0 aliphatic heterocycles. The van der Waals surface area contributed by atoms with E-state index >= 15 is 0 Å². The fourth-order valence-electron chi connectivity index (χ4n) is 1.97. The molecule has 0 bridgehead atoms. The monoisotopic (exact) mass is 299 g/mol. The van der Waals surface area contributed by atoms with E-state index in [1.165, 1.54) is 16.7 Å². The van der Waals surface area contributed by atoms with Crippen LogP contribution in [-0.4, -0.2) is 11.2 Å². The largest absolute Gasteiger partial charge is 0.321 e. The second kappa shape index (κ2) is 5.77. The van der Waals surface area contributed by atoms with Crippen molar-refractivity contribution in [2.24, 2.45) is 0 Å². The standard InChI is InChI=1S/C16H13NOS2/c1-19-12-6-8-13(9-7-12)20-15-10-11-4-2-3-5-14(11)17-16(15)18/h2-10H,1H3,(H,17,18). The Hall–Kier alpha value is -1.65. The van der Waals surface area contributed by atoms with Crippen LogP contribution >= 0.6 is 23.5 Å². The summed E-state index contributed by atoms with van der Waals surface area (Å²) in [6, 6.07) is 18.0. The Balaban J connectivity index is 1.97. The maximum atomic E-state index is 12.1. The van der Waals surface area contributed by atoms with Gasteiger partial charge in [0.1, 0.15) is 0 Å². The molecule has 0 saturated carbocycles. The highest BCUT2D eigenvalue weighted by Gasteiger charge is 2.05. The second-order valence-corrected chi connectivity index (χ2v) is 6.32. The van der Waals surface area contributed by atoms with E-state index in [0.29, 0.717) is 0 Å². The van der Waals surface area contributed by atoms with E-state index in [9.17, 15) is 4.79 Å². The molecule has 2 nitrogen and oxygen atoms in total. The smallest absolute Gasteiger partial charge is 0.262 e. The molecule has 1 aromatic heterocycles. The summed E-state index contributed by atoms with van der Waals surface area (Å²) in [5, 5.41) is 1.05. The average molecular weight is 299 g/mol. The zero-order valence-corrected chi connectivity index (χ0v) is 12.6. The third-order valence-electron chi connectivity index (χ3n) is 3.01. The number of hydrogen-bond acceptors (Lipinski definition) is 3. The lowest BCUT2D eigenvalue weighted by atomic mass is 10.2. The predicted octanol–water partition coefficient (Wildman–Crippen LogP) is 4.40. The van der Waals surface area contributed by atoms with Crippen LogP contribution in [0.3, 0.4) is 0 Å². The number of para-hydroxylation sites is 1. The van der Waals surface area contributed by atoms with Crippen LogP contribution in [0.5, 0.6) is 0 Å². The van der Waals surface area contributed by atoms with Gasteiger partial charge in [0.05, 0.1) is 4.90 Å². The van der Waals surface area contributed by atoms with E-state index in [0.717, 1.165) is 20.7 Å². The minimum Gasteiger partial charge on any atom is -0.321 e. The summed E-state index contributed by atoms with van der Waals surface area (Å²) >= 11 is 3.21. The van der Waals surface area contributed by atoms with Crippen molar-refractivity contribution in [3.63, 3.8) is 0 Å². The SMILES string of the molecule is CSc1ccc(Sc2cc3ccccc3[nH]c2=O)cc1. The summed E-state index contributed by atoms with van der Waals surface area (Å²) in [6.07, 6.45) is 2.05. The van der Waals surface area contributed by atoms with Crippen LogP contribution in [-0.2, 0) is 0 Å². The van der Waals surface area contributed by atoms with Crippen molar-refractivity contribution in [1.82, 2.24) is 4.98 Å². The number of aromatic nitrogens is 1. The van der Waals surface area contributed by atoms with Gasteiger partial charge in [0.25, 0.3) is 5.56 Å². The van der Waals surface area contributed by atoms with Crippen molar-refractivity contribution in [2.75, 3.05) is 6.26 Å². The van der Waals surface area contributed by atoms with Crippen LogP contribution in [0.25, 0.3) is 10.9 Å². The molecule has 1 N–H and O–H groups in total. The first-order valence-electron chi connectivity index (χ1n) is 6.20. The normalized spacial score (nSPS) is 10.8. The summed E-state index contributed by atoms with van der Waals surface area (Å²) in [5.41, 5.74) is 0.835. The predicted molar refractivity (Wildman–Crippen MR) is 86.9 cm³/mol. The van der Waals surface area contributed by atoms with Crippen LogP contribution in [0.15, 0.2) is 74.1 Å². The highest BCUT2D eigenvalue weighted by atomic mass is 32.2. The third kappa shape index (κ3) is 2.76. The first-order valence-corrected chi connectivity index (χ1v) is 8.24. The van der Waals surface area contributed by atoms with E-state index in [1.54, 1.807) is 11.8 Å². The number of benzene rings is 2. The van der Waals surface area contributed by atoms with Gasteiger partial charge in [-0.05, 0) is 48.0 Å². The second-order valence-electron chi connectivity index (χ2n) is 4.33. The number of H-pyrrole nitrogens is 1. The van der Waals surface area contributed by atoms with Crippen LogP contribution in [0, 0.1) is 0 Å². The van der Waals surface area contributed by atoms with E-state index in [2.05, 4.69) is 23.4 Å². The van der Waals surface area contributed by atoms with Crippen molar-refractivity contribution in [1.29, 1.82) is 0 Å². The summed E-state index contributed by atoms with van der Waals surface area (Å²) in [6.45, 7) is 0. The Morgan fingerprint density at radius 1 is 0.950 bits per heavy atom. The zero-order chi connectivity index (χ0) is 13.9. The van der Waals surface area contributed by atoms with Crippen LogP contribution in [0.1, 0.15) is 0 Å². The molecule has 0 radical (unpaired) electrons. The molecule has 0 atom stereocenters. The molecule has 2 aromatic carbocycles. The van der Waals surface area contributed by atoms with Crippen molar-refractivity contribution in [3.8, 4) is 0 Å². The Morgan fingerprint density at radius 3 is 2.40 bits per heavy atom. The molecule has 0 saturated heterocycles. The molecule has 100 valence electrons. The zero-order valence-electron chi connectivity index (χ0n) is 10.9. The molecule has 20 heavy (non-hydrogen) atoms. The molecule has 4 heteroatoms. The molecule has 0 aliphatic carbocycles. The quantitative estimate of drug-likeness (QED) is 0.728. The summed E-state index contributed by atoms with van der Waals surface area (Å²) < 4.78 is 0. The fourth-order valence-corrected chi connectivity index (χ4v) is 3.24.